The zero-order valence-electron chi connectivity index (χ0n) is 13.5. The number of nitrogens with zero attached hydrogens (tertiary/aromatic N) is 2. The van der Waals surface area contributed by atoms with Gasteiger partial charge in [-0.1, -0.05) is 17.3 Å². The van der Waals surface area contributed by atoms with Gasteiger partial charge in [-0.2, -0.15) is 4.98 Å². The molecule has 1 fully saturated rings. The van der Waals surface area contributed by atoms with Gasteiger partial charge in [-0.25, -0.2) is 0 Å². The average Bonchev–Trinajstić information content (AvgIpc) is 3.13. The molecule has 118 valence electrons. The lowest BCUT2D eigenvalue weighted by molar-refractivity contribution is 0.0683. The minimum absolute atomic E-state index is 0.231. The Bertz CT molecular complexity index is 658. The van der Waals surface area contributed by atoms with E-state index in [2.05, 4.69) is 30.1 Å². The van der Waals surface area contributed by atoms with E-state index in [-0.39, 0.29) is 5.92 Å². The van der Waals surface area contributed by atoms with Crippen LogP contribution in [0.4, 0.5) is 0 Å². The second-order valence-corrected chi connectivity index (χ2v) is 6.33. The summed E-state index contributed by atoms with van der Waals surface area (Å²) in [4.78, 5) is 4.53. The van der Waals surface area contributed by atoms with Gasteiger partial charge in [0.05, 0.1) is 6.61 Å². The Hall–Kier alpha value is -1.88. The Morgan fingerprint density at radius 3 is 2.82 bits per heavy atom. The highest BCUT2D eigenvalue weighted by Crippen LogP contribution is 2.31. The molecule has 0 spiro atoms. The Labute approximate surface area is 130 Å². The van der Waals surface area contributed by atoms with E-state index < -0.39 is 5.60 Å². The van der Waals surface area contributed by atoms with Crippen LogP contribution in [0.3, 0.4) is 0 Å². The molecule has 2 heterocycles. The van der Waals surface area contributed by atoms with E-state index in [1.807, 2.05) is 26.0 Å². The summed E-state index contributed by atoms with van der Waals surface area (Å²) in [7, 11) is 0. The standard InChI is InChI=1S/C17H22N2O3/c1-11-6-5-7-14(12(11)2)21-17(3,4)16-18-15(19-22-16)13-8-9-20-10-13/h5-7,13H,8-10H2,1-4H3. The summed E-state index contributed by atoms with van der Waals surface area (Å²) < 4.78 is 17.0. The van der Waals surface area contributed by atoms with E-state index in [1.54, 1.807) is 0 Å². The van der Waals surface area contributed by atoms with Crippen LogP contribution in [0.25, 0.3) is 0 Å². The Kier molecular flexibility index (Phi) is 3.91. The minimum Gasteiger partial charge on any atom is -0.478 e. The van der Waals surface area contributed by atoms with Crippen LogP contribution in [0, 0.1) is 13.8 Å². The van der Waals surface area contributed by atoms with Gasteiger partial charge in [0.25, 0.3) is 5.89 Å². The van der Waals surface area contributed by atoms with Crippen LogP contribution < -0.4 is 4.74 Å². The molecule has 1 aliphatic heterocycles. The predicted octanol–water partition coefficient (Wildman–Crippen LogP) is 3.50. The van der Waals surface area contributed by atoms with Gasteiger partial charge in [0.15, 0.2) is 11.4 Å². The molecule has 1 unspecified atom stereocenters. The van der Waals surface area contributed by atoms with Crippen LogP contribution >= 0.6 is 0 Å². The fourth-order valence-electron chi connectivity index (χ4n) is 2.54. The normalized spacial score (nSPS) is 18.6. The van der Waals surface area contributed by atoms with Gasteiger partial charge in [-0.05, 0) is 51.3 Å². The molecular weight excluding hydrogens is 280 g/mol. The summed E-state index contributed by atoms with van der Waals surface area (Å²) in [5.41, 5.74) is 1.64. The van der Waals surface area contributed by atoms with E-state index in [0.717, 1.165) is 24.3 Å². The first-order valence-electron chi connectivity index (χ1n) is 7.64. The highest BCUT2D eigenvalue weighted by molar-refractivity contribution is 5.38. The van der Waals surface area contributed by atoms with E-state index >= 15 is 0 Å². The van der Waals surface area contributed by atoms with Crippen molar-refractivity contribution in [3.63, 3.8) is 0 Å². The van der Waals surface area contributed by atoms with Crippen LogP contribution in [0.15, 0.2) is 22.7 Å². The van der Waals surface area contributed by atoms with Crippen molar-refractivity contribution in [1.82, 2.24) is 10.1 Å². The Morgan fingerprint density at radius 2 is 2.09 bits per heavy atom. The topological polar surface area (TPSA) is 57.4 Å². The smallest absolute Gasteiger partial charge is 0.270 e. The van der Waals surface area contributed by atoms with Crippen molar-refractivity contribution in [2.24, 2.45) is 0 Å². The molecule has 1 saturated heterocycles. The van der Waals surface area contributed by atoms with Crippen LogP contribution in [-0.2, 0) is 10.3 Å². The summed E-state index contributed by atoms with van der Waals surface area (Å²) in [5, 5.41) is 4.10. The minimum atomic E-state index is -0.677. The Morgan fingerprint density at radius 1 is 1.27 bits per heavy atom. The van der Waals surface area contributed by atoms with Gasteiger partial charge < -0.3 is 14.0 Å². The van der Waals surface area contributed by atoms with Crippen molar-refractivity contribution in [1.29, 1.82) is 0 Å². The van der Waals surface area contributed by atoms with Gasteiger partial charge in [0.1, 0.15) is 5.75 Å². The molecule has 22 heavy (non-hydrogen) atoms. The number of ether oxygens (including phenoxy) is 2. The largest absolute Gasteiger partial charge is 0.478 e. The fraction of sp³-hybridized carbons (Fsp3) is 0.529. The predicted molar refractivity (Wildman–Crippen MR) is 82.0 cm³/mol. The zero-order valence-corrected chi connectivity index (χ0v) is 13.5. The number of rotatable bonds is 4. The molecule has 0 N–H and O–H groups in total. The molecule has 1 aromatic carbocycles. The van der Waals surface area contributed by atoms with Crippen molar-refractivity contribution in [2.75, 3.05) is 13.2 Å². The van der Waals surface area contributed by atoms with Crippen molar-refractivity contribution >= 4 is 0 Å². The molecule has 0 saturated carbocycles. The monoisotopic (exact) mass is 302 g/mol. The lowest BCUT2D eigenvalue weighted by atomic mass is 10.1. The summed E-state index contributed by atoms with van der Waals surface area (Å²) >= 11 is 0. The third-order valence-corrected chi connectivity index (χ3v) is 4.17. The molecule has 0 bridgehead atoms. The second-order valence-electron chi connectivity index (χ2n) is 6.33. The van der Waals surface area contributed by atoms with Crippen LogP contribution in [0.5, 0.6) is 5.75 Å². The molecular formula is C17H22N2O3. The third kappa shape index (κ3) is 2.86. The second kappa shape index (κ2) is 5.72. The Balaban J connectivity index is 1.81. The van der Waals surface area contributed by atoms with E-state index in [4.69, 9.17) is 14.0 Å². The zero-order chi connectivity index (χ0) is 15.7. The van der Waals surface area contributed by atoms with Crippen molar-refractivity contribution in [3.05, 3.63) is 41.0 Å². The summed E-state index contributed by atoms with van der Waals surface area (Å²) in [6.45, 7) is 9.43. The van der Waals surface area contributed by atoms with Crippen molar-refractivity contribution < 1.29 is 14.0 Å². The van der Waals surface area contributed by atoms with E-state index in [0.29, 0.717) is 18.3 Å². The molecule has 5 nitrogen and oxygen atoms in total. The molecule has 1 atom stereocenters. The van der Waals surface area contributed by atoms with Gasteiger partial charge in [-0.3, -0.25) is 0 Å². The molecule has 0 aliphatic carbocycles. The van der Waals surface area contributed by atoms with Crippen LogP contribution in [0.2, 0.25) is 0 Å². The maximum absolute atomic E-state index is 6.15. The average molecular weight is 302 g/mol. The number of hydrogen-bond donors (Lipinski definition) is 0. The first kappa shape index (κ1) is 15.0. The SMILES string of the molecule is Cc1cccc(OC(C)(C)c2nc(C3CCOC3)no2)c1C. The quantitative estimate of drug-likeness (QED) is 0.865. The molecule has 2 aromatic rings. The molecule has 1 aromatic heterocycles. The molecule has 0 amide bonds. The molecule has 0 radical (unpaired) electrons. The fourth-order valence-corrected chi connectivity index (χ4v) is 2.54. The molecule has 1 aliphatic rings. The third-order valence-electron chi connectivity index (χ3n) is 4.17. The van der Waals surface area contributed by atoms with Crippen molar-refractivity contribution in [2.45, 2.75) is 45.6 Å². The maximum Gasteiger partial charge on any atom is 0.270 e. The highest BCUT2D eigenvalue weighted by Gasteiger charge is 2.32. The summed E-state index contributed by atoms with van der Waals surface area (Å²) in [6, 6.07) is 6.02. The van der Waals surface area contributed by atoms with E-state index in [1.165, 1.54) is 5.56 Å². The maximum atomic E-state index is 6.15. The first-order valence-corrected chi connectivity index (χ1v) is 7.64. The molecule has 5 heteroatoms. The summed E-state index contributed by atoms with van der Waals surface area (Å²) in [6.07, 6.45) is 0.942. The van der Waals surface area contributed by atoms with Gasteiger partial charge >= 0.3 is 0 Å². The molecule has 3 rings (SSSR count). The van der Waals surface area contributed by atoms with Gasteiger partial charge in [0, 0.05) is 12.5 Å². The first-order chi connectivity index (χ1) is 10.5. The highest BCUT2D eigenvalue weighted by atomic mass is 16.5. The van der Waals surface area contributed by atoms with Crippen molar-refractivity contribution in [3.8, 4) is 5.75 Å². The summed E-state index contributed by atoms with van der Waals surface area (Å²) in [5.74, 6) is 2.28. The number of aromatic nitrogens is 2. The van der Waals surface area contributed by atoms with E-state index in [9.17, 15) is 0 Å². The van der Waals surface area contributed by atoms with Crippen LogP contribution in [0.1, 0.15) is 49.0 Å². The lowest BCUT2D eigenvalue weighted by Gasteiger charge is -2.24. The lowest BCUT2D eigenvalue weighted by Crippen LogP contribution is -2.26. The van der Waals surface area contributed by atoms with Crippen LogP contribution in [-0.4, -0.2) is 23.4 Å². The number of aryl methyl sites for hydroxylation is 1. The number of benzene rings is 1. The van der Waals surface area contributed by atoms with Gasteiger partial charge in [0.2, 0.25) is 0 Å². The van der Waals surface area contributed by atoms with Gasteiger partial charge in [-0.15, -0.1) is 0 Å². The number of hydrogen-bond acceptors (Lipinski definition) is 5.